The zero-order valence-corrected chi connectivity index (χ0v) is 25.4. The van der Waals surface area contributed by atoms with E-state index in [0.29, 0.717) is 40.3 Å². The number of aromatic amines is 1. The summed E-state index contributed by atoms with van der Waals surface area (Å²) >= 11 is 0. The number of piperazine rings is 1. The largest absolute Gasteiger partial charge is 0.368 e. The summed E-state index contributed by atoms with van der Waals surface area (Å²) in [5.74, 6) is 1.76. The summed E-state index contributed by atoms with van der Waals surface area (Å²) < 4.78 is 0. The molecule has 12 heteroatoms. The van der Waals surface area contributed by atoms with Gasteiger partial charge >= 0.3 is 0 Å². The Hall–Kier alpha value is -4.76. The van der Waals surface area contributed by atoms with Crippen molar-refractivity contribution < 1.29 is 4.79 Å². The molecule has 1 saturated carbocycles. The van der Waals surface area contributed by atoms with Crippen molar-refractivity contribution in [3.63, 3.8) is 0 Å². The number of likely N-dealkylation sites (N-methyl/N-ethyl adjacent to an activating group) is 1. The third-order valence-corrected chi connectivity index (χ3v) is 9.36. The van der Waals surface area contributed by atoms with Gasteiger partial charge in [0.15, 0.2) is 11.5 Å². The molecule has 44 heavy (non-hydrogen) atoms. The maximum Gasteiger partial charge on any atom is 0.254 e. The average molecular weight is 592 g/mol. The van der Waals surface area contributed by atoms with Gasteiger partial charge in [-0.15, -0.1) is 0 Å². The van der Waals surface area contributed by atoms with Gasteiger partial charge in [0.25, 0.3) is 5.91 Å². The number of benzene rings is 1. The minimum atomic E-state index is -0.435. The smallest absolute Gasteiger partial charge is 0.254 e. The maximum atomic E-state index is 14.2. The Morgan fingerprint density at radius 1 is 0.977 bits per heavy atom. The minimum Gasteiger partial charge on any atom is -0.368 e. The molecule has 5 heterocycles. The molecule has 1 saturated heterocycles. The van der Waals surface area contributed by atoms with Crippen molar-refractivity contribution in [3.8, 4) is 6.07 Å². The van der Waals surface area contributed by atoms with Gasteiger partial charge in [-0.2, -0.15) is 15.3 Å². The van der Waals surface area contributed by atoms with E-state index < -0.39 is 6.04 Å². The number of pyridine rings is 1. The fourth-order valence-electron chi connectivity index (χ4n) is 6.77. The molecule has 226 valence electrons. The molecule has 3 aliphatic rings. The Bertz CT molecular complexity index is 1730. The van der Waals surface area contributed by atoms with Crippen LogP contribution in [0.1, 0.15) is 45.1 Å². The predicted octanol–water partition coefficient (Wildman–Crippen LogP) is 4.57. The molecule has 2 N–H and O–H groups in total. The second-order valence-corrected chi connectivity index (χ2v) is 12.3. The zero-order valence-electron chi connectivity index (χ0n) is 25.4. The summed E-state index contributed by atoms with van der Waals surface area (Å²) in [5, 5.41) is 21.3. The monoisotopic (exact) mass is 591 g/mol. The van der Waals surface area contributed by atoms with Gasteiger partial charge in [-0.3, -0.25) is 14.8 Å². The number of carbonyl (C=O) groups is 1. The van der Waals surface area contributed by atoms with Crippen molar-refractivity contribution in [2.24, 2.45) is 5.92 Å². The lowest BCUT2D eigenvalue weighted by molar-refractivity contribution is -0.119. The molecule has 7 rings (SSSR count). The van der Waals surface area contributed by atoms with Gasteiger partial charge in [-0.05, 0) is 69.8 Å². The molecule has 0 bridgehead atoms. The van der Waals surface area contributed by atoms with Crippen LogP contribution < -0.4 is 20.0 Å². The standard InChI is InChI=1S/C32H37N11O/c1-20-4-6-25(7-5-20)42-21(2)31(44)43(26-8-9-27(22(15-26)16-33)41-12-10-40(3)11-13-41)28-19-35-32(38-30(28)42)37-24-14-23-17-36-39-29(23)34-18-24/h8-9,14-15,17-21,25H,4-7,10-13H2,1-3H3,(H,34,36,39)(H,35,37,38)/t20-,21-,25-/m1/s1. The minimum absolute atomic E-state index is 0.0497. The van der Waals surface area contributed by atoms with E-state index in [0.717, 1.165) is 68.6 Å². The van der Waals surface area contributed by atoms with Crippen LogP contribution in [0.4, 0.5) is 34.5 Å². The molecule has 3 aromatic heterocycles. The third-order valence-electron chi connectivity index (χ3n) is 9.36. The number of carbonyl (C=O) groups excluding carboxylic acids is 1. The normalized spacial score (nSPS) is 22.6. The first-order valence-electron chi connectivity index (χ1n) is 15.4. The number of nitrogens with one attached hydrogen (secondary N) is 2. The Morgan fingerprint density at radius 3 is 2.55 bits per heavy atom. The first-order chi connectivity index (χ1) is 21.4. The summed E-state index contributed by atoms with van der Waals surface area (Å²) in [6.45, 7) is 7.86. The molecule has 0 unspecified atom stereocenters. The molecular weight excluding hydrogens is 554 g/mol. The van der Waals surface area contributed by atoms with Gasteiger partial charge in [0.05, 0.1) is 41.2 Å². The molecule has 4 aromatic rings. The fourth-order valence-corrected chi connectivity index (χ4v) is 6.77. The molecule has 1 amide bonds. The quantitative estimate of drug-likeness (QED) is 0.340. The van der Waals surface area contributed by atoms with Crippen molar-refractivity contribution in [3.05, 3.63) is 48.4 Å². The van der Waals surface area contributed by atoms with E-state index in [1.54, 1.807) is 23.5 Å². The van der Waals surface area contributed by atoms with Crippen LogP contribution in [0.15, 0.2) is 42.9 Å². The second kappa shape index (κ2) is 11.4. The van der Waals surface area contributed by atoms with E-state index in [9.17, 15) is 10.1 Å². The summed E-state index contributed by atoms with van der Waals surface area (Å²) in [6.07, 6.45) is 9.40. The number of hydrogen-bond donors (Lipinski definition) is 2. The topological polar surface area (TPSA) is 133 Å². The molecule has 2 aliphatic heterocycles. The van der Waals surface area contributed by atoms with Crippen LogP contribution in [-0.2, 0) is 4.79 Å². The van der Waals surface area contributed by atoms with Crippen LogP contribution in [0.2, 0.25) is 0 Å². The van der Waals surface area contributed by atoms with Crippen LogP contribution >= 0.6 is 0 Å². The third kappa shape index (κ3) is 5.07. The highest BCUT2D eigenvalue weighted by Crippen LogP contribution is 2.44. The molecule has 12 nitrogen and oxygen atoms in total. The van der Waals surface area contributed by atoms with Gasteiger partial charge in [-0.25, -0.2) is 9.97 Å². The number of nitrogens with zero attached hydrogens (tertiary/aromatic N) is 9. The number of H-pyrrole nitrogens is 1. The van der Waals surface area contributed by atoms with Crippen LogP contribution in [0, 0.1) is 17.2 Å². The summed E-state index contributed by atoms with van der Waals surface area (Å²) in [7, 11) is 2.11. The van der Waals surface area contributed by atoms with Gasteiger partial charge in [-0.1, -0.05) is 6.92 Å². The van der Waals surface area contributed by atoms with Crippen molar-refractivity contribution in [2.75, 3.05) is 53.2 Å². The summed E-state index contributed by atoms with van der Waals surface area (Å²) in [4.78, 5) is 36.7. The van der Waals surface area contributed by atoms with E-state index in [1.165, 1.54) is 0 Å². The number of fused-ring (bicyclic) bond motifs is 2. The number of amides is 1. The SMILES string of the molecule is C[C@@H]1C(=O)N(c2ccc(N3CCN(C)CC3)c(C#N)c2)c2cnc(Nc3cnc4[nH]ncc4c3)nc2N1[C@H]1CC[C@H](C)CC1. The highest BCUT2D eigenvalue weighted by molar-refractivity contribution is 6.10. The fraction of sp³-hybridized carbons (Fsp3) is 0.438. The summed E-state index contributed by atoms with van der Waals surface area (Å²) in [5.41, 5.74) is 4.17. The molecule has 1 atom stereocenters. The van der Waals surface area contributed by atoms with Crippen LogP contribution in [0.5, 0.6) is 0 Å². The molecule has 1 aliphatic carbocycles. The Labute approximate surface area is 256 Å². The van der Waals surface area contributed by atoms with Crippen molar-refractivity contribution >= 4 is 51.5 Å². The number of hydrogen-bond acceptors (Lipinski definition) is 10. The second-order valence-electron chi connectivity index (χ2n) is 12.3. The van der Waals surface area contributed by atoms with Crippen molar-refractivity contribution in [1.29, 1.82) is 5.26 Å². The van der Waals surface area contributed by atoms with Gasteiger partial charge < -0.3 is 20.0 Å². The van der Waals surface area contributed by atoms with Gasteiger partial charge in [0.2, 0.25) is 5.95 Å². The van der Waals surface area contributed by atoms with Crippen molar-refractivity contribution in [2.45, 2.75) is 51.6 Å². The maximum absolute atomic E-state index is 14.2. The first kappa shape index (κ1) is 28.0. The van der Waals surface area contributed by atoms with Gasteiger partial charge in [0, 0.05) is 37.6 Å². The zero-order chi connectivity index (χ0) is 30.4. The Balaban J connectivity index is 1.27. The number of anilines is 6. The Kier molecular flexibility index (Phi) is 7.26. The van der Waals surface area contributed by atoms with Crippen LogP contribution in [0.25, 0.3) is 11.0 Å². The molecule has 1 aromatic carbocycles. The van der Waals surface area contributed by atoms with E-state index >= 15 is 0 Å². The van der Waals surface area contributed by atoms with Crippen molar-refractivity contribution in [1.82, 2.24) is 30.0 Å². The summed E-state index contributed by atoms with van der Waals surface area (Å²) in [6, 6.07) is 9.85. The van der Waals surface area contributed by atoms with E-state index in [4.69, 9.17) is 4.98 Å². The van der Waals surface area contributed by atoms with Crippen LogP contribution in [-0.4, -0.2) is 81.3 Å². The van der Waals surface area contributed by atoms with Gasteiger partial charge in [0.1, 0.15) is 17.8 Å². The Morgan fingerprint density at radius 2 is 1.77 bits per heavy atom. The first-order valence-corrected chi connectivity index (χ1v) is 15.4. The van der Waals surface area contributed by atoms with Crippen LogP contribution in [0.3, 0.4) is 0 Å². The number of nitriles is 1. The highest BCUT2D eigenvalue weighted by Gasteiger charge is 2.42. The average Bonchev–Trinajstić information content (AvgIpc) is 3.51. The lowest BCUT2D eigenvalue weighted by Gasteiger charge is -2.46. The predicted molar refractivity (Wildman–Crippen MR) is 171 cm³/mol. The van der Waals surface area contributed by atoms with E-state index in [1.807, 2.05) is 31.2 Å². The molecular formula is C32H37N11O. The lowest BCUT2D eigenvalue weighted by Crippen LogP contribution is -2.55. The molecule has 0 radical (unpaired) electrons. The van der Waals surface area contributed by atoms with E-state index in [2.05, 4.69) is 60.2 Å². The molecule has 0 spiro atoms. The molecule has 2 fully saturated rings. The number of rotatable bonds is 5. The number of aromatic nitrogens is 5. The lowest BCUT2D eigenvalue weighted by atomic mass is 9.85. The van der Waals surface area contributed by atoms with E-state index in [-0.39, 0.29) is 11.9 Å². The highest BCUT2D eigenvalue weighted by atomic mass is 16.2.